The van der Waals surface area contributed by atoms with Gasteiger partial charge in [0.05, 0.1) is 11.0 Å². The Labute approximate surface area is 105 Å². The summed E-state index contributed by atoms with van der Waals surface area (Å²) in [6.45, 7) is 2.39. The van der Waals surface area contributed by atoms with E-state index in [2.05, 4.69) is 0 Å². The van der Waals surface area contributed by atoms with E-state index >= 15 is 0 Å². The second-order valence-corrected chi connectivity index (χ2v) is 4.88. The summed E-state index contributed by atoms with van der Waals surface area (Å²) in [6.07, 6.45) is 0.516. The van der Waals surface area contributed by atoms with E-state index in [0.29, 0.717) is 13.0 Å². The van der Waals surface area contributed by atoms with E-state index < -0.39 is 23.0 Å². The van der Waals surface area contributed by atoms with Gasteiger partial charge in [-0.25, -0.2) is 4.39 Å². The van der Waals surface area contributed by atoms with Crippen molar-refractivity contribution in [1.82, 2.24) is 4.90 Å². The zero-order valence-electron chi connectivity index (χ0n) is 10.1. The summed E-state index contributed by atoms with van der Waals surface area (Å²) in [4.78, 5) is 24.9. The van der Waals surface area contributed by atoms with Gasteiger partial charge in [-0.15, -0.1) is 0 Å². The van der Waals surface area contributed by atoms with Crippen LogP contribution in [0.2, 0.25) is 0 Å². The average Bonchev–Trinajstić information content (AvgIpc) is 2.73. The molecule has 1 aromatic carbocycles. The van der Waals surface area contributed by atoms with Crippen molar-refractivity contribution in [3.63, 3.8) is 0 Å². The van der Waals surface area contributed by atoms with Crippen molar-refractivity contribution in [2.24, 2.45) is 11.1 Å². The summed E-state index contributed by atoms with van der Waals surface area (Å²) in [5.74, 6) is -1.36. The van der Waals surface area contributed by atoms with Crippen molar-refractivity contribution in [2.45, 2.75) is 13.3 Å². The van der Waals surface area contributed by atoms with E-state index in [1.54, 1.807) is 13.0 Å². The van der Waals surface area contributed by atoms with Crippen LogP contribution >= 0.6 is 0 Å². The lowest BCUT2D eigenvalue weighted by Crippen LogP contribution is -2.38. The van der Waals surface area contributed by atoms with E-state index in [0.717, 1.165) is 0 Å². The number of hydrogen-bond donors (Lipinski definition) is 1. The molecule has 0 radical (unpaired) electrons. The minimum absolute atomic E-state index is 0.0335. The fourth-order valence-electron chi connectivity index (χ4n) is 2.14. The number of carbonyl (C=O) groups is 2. The molecule has 1 aromatic rings. The summed E-state index contributed by atoms with van der Waals surface area (Å²) >= 11 is 0. The molecule has 1 atom stereocenters. The van der Waals surface area contributed by atoms with E-state index in [9.17, 15) is 14.0 Å². The normalized spacial score (nSPS) is 23.1. The third-order valence-electron chi connectivity index (χ3n) is 3.46. The van der Waals surface area contributed by atoms with Crippen LogP contribution < -0.4 is 5.73 Å². The number of carbonyl (C=O) groups excluding carboxylic acids is 2. The van der Waals surface area contributed by atoms with Crippen LogP contribution in [0.1, 0.15) is 23.7 Å². The Morgan fingerprint density at radius 1 is 1.39 bits per heavy atom. The standard InChI is InChI=1S/C13H15FN2O2/c1-13(12(15)18)6-7-16(8-13)11(17)9-4-2-3-5-10(9)14/h2-5H,6-8H2,1H3,(H2,15,18). The van der Waals surface area contributed by atoms with Crippen molar-refractivity contribution in [3.05, 3.63) is 35.6 Å². The number of nitrogens with zero attached hydrogens (tertiary/aromatic N) is 1. The van der Waals surface area contributed by atoms with E-state index in [1.165, 1.54) is 23.1 Å². The SMILES string of the molecule is CC1(C(N)=O)CCN(C(=O)c2ccccc2F)C1. The van der Waals surface area contributed by atoms with Crippen molar-refractivity contribution < 1.29 is 14.0 Å². The monoisotopic (exact) mass is 250 g/mol. The number of halogens is 1. The minimum atomic E-state index is -0.707. The number of hydrogen-bond acceptors (Lipinski definition) is 2. The number of amides is 2. The molecule has 0 bridgehead atoms. The molecule has 0 aromatic heterocycles. The molecule has 2 amide bonds. The smallest absolute Gasteiger partial charge is 0.256 e. The van der Waals surface area contributed by atoms with Gasteiger partial charge < -0.3 is 10.6 Å². The number of nitrogens with two attached hydrogens (primary N) is 1. The van der Waals surface area contributed by atoms with Gasteiger partial charge in [0.25, 0.3) is 5.91 Å². The van der Waals surface area contributed by atoms with Gasteiger partial charge in [-0.05, 0) is 25.5 Å². The van der Waals surface area contributed by atoms with Crippen molar-refractivity contribution in [3.8, 4) is 0 Å². The van der Waals surface area contributed by atoms with Crippen molar-refractivity contribution in [2.75, 3.05) is 13.1 Å². The molecule has 2 N–H and O–H groups in total. The first-order chi connectivity index (χ1) is 8.44. The highest BCUT2D eigenvalue weighted by atomic mass is 19.1. The molecule has 4 nitrogen and oxygen atoms in total. The Bertz CT molecular complexity index is 504. The van der Waals surface area contributed by atoms with Crippen molar-refractivity contribution in [1.29, 1.82) is 0 Å². The fourth-order valence-corrected chi connectivity index (χ4v) is 2.14. The highest BCUT2D eigenvalue weighted by Crippen LogP contribution is 2.30. The van der Waals surface area contributed by atoms with Crippen LogP contribution in [0.5, 0.6) is 0 Å². The Kier molecular flexibility index (Phi) is 3.07. The summed E-state index contributed by atoms with van der Waals surface area (Å²) < 4.78 is 13.5. The molecule has 0 spiro atoms. The lowest BCUT2D eigenvalue weighted by molar-refractivity contribution is -0.126. The minimum Gasteiger partial charge on any atom is -0.369 e. The molecule has 1 aliphatic rings. The van der Waals surface area contributed by atoms with Gasteiger partial charge in [0.15, 0.2) is 0 Å². The number of rotatable bonds is 2. The molecule has 5 heteroatoms. The number of benzene rings is 1. The zero-order chi connectivity index (χ0) is 13.3. The van der Waals surface area contributed by atoms with Gasteiger partial charge >= 0.3 is 0 Å². The van der Waals surface area contributed by atoms with E-state index in [1.807, 2.05) is 0 Å². The molecular formula is C13H15FN2O2. The van der Waals surface area contributed by atoms with Gasteiger partial charge in [-0.3, -0.25) is 9.59 Å². The predicted molar refractivity (Wildman–Crippen MR) is 64.2 cm³/mol. The first-order valence-corrected chi connectivity index (χ1v) is 5.78. The molecule has 0 saturated carbocycles. The summed E-state index contributed by atoms with van der Waals surface area (Å²) in [5.41, 5.74) is 4.64. The highest BCUT2D eigenvalue weighted by molar-refractivity contribution is 5.95. The summed E-state index contributed by atoms with van der Waals surface area (Å²) in [5, 5.41) is 0. The highest BCUT2D eigenvalue weighted by Gasteiger charge is 2.41. The van der Waals surface area contributed by atoms with Crippen LogP contribution in [-0.2, 0) is 4.79 Å². The van der Waals surface area contributed by atoms with E-state index in [4.69, 9.17) is 5.73 Å². The van der Waals surface area contributed by atoms with Crippen LogP contribution in [0.3, 0.4) is 0 Å². The fraction of sp³-hybridized carbons (Fsp3) is 0.385. The second kappa shape index (κ2) is 4.40. The topological polar surface area (TPSA) is 63.4 Å². The Morgan fingerprint density at radius 2 is 2.06 bits per heavy atom. The summed E-state index contributed by atoms with van der Waals surface area (Å²) in [6, 6.07) is 5.83. The van der Waals surface area contributed by atoms with Crippen molar-refractivity contribution >= 4 is 11.8 Å². The van der Waals surface area contributed by atoms with Crippen LogP contribution in [0.4, 0.5) is 4.39 Å². The third kappa shape index (κ3) is 2.08. The predicted octanol–water partition coefficient (Wildman–Crippen LogP) is 1.16. The molecule has 96 valence electrons. The Hall–Kier alpha value is -1.91. The quantitative estimate of drug-likeness (QED) is 0.856. The van der Waals surface area contributed by atoms with Gasteiger partial charge in [0.2, 0.25) is 5.91 Å². The molecule has 1 aliphatic heterocycles. The third-order valence-corrected chi connectivity index (χ3v) is 3.46. The van der Waals surface area contributed by atoms with Gasteiger partial charge in [0, 0.05) is 13.1 Å². The molecule has 1 fully saturated rings. The molecule has 1 heterocycles. The molecule has 2 rings (SSSR count). The first-order valence-electron chi connectivity index (χ1n) is 5.78. The number of likely N-dealkylation sites (tertiary alicyclic amines) is 1. The Morgan fingerprint density at radius 3 is 2.61 bits per heavy atom. The molecule has 1 unspecified atom stereocenters. The maximum atomic E-state index is 13.5. The molecule has 18 heavy (non-hydrogen) atoms. The average molecular weight is 250 g/mol. The maximum Gasteiger partial charge on any atom is 0.256 e. The van der Waals surface area contributed by atoms with Crippen LogP contribution in [0.15, 0.2) is 24.3 Å². The van der Waals surface area contributed by atoms with E-state index in [-0.39, 0.29) is 12.1 Å². The van der Waals surface area contributed by atoms with Gasteiger partial charge in [-0.2, -0.15) is 0 Å². The van der Waals surface area contributed by atoms with Gasteiger partial charge in [-0.1, -0.05) is 12.1 Å². The lowest BCUT2D eigenvalue weighted by Gasteiger charge is -2.21. The lowest BCUT2D eigenvalue weighted by atomic mass is 9.89. The largest absolute Gasteiger partial charge is 0.369 e. The molecule has 0 aliphatic carbocycles. The van der Waals surface area contributed by atoms with Gasteiger partial charge in [0.1, 0.15) is 5.82 Å². The van der Waals surface area contributed by atoms with Crippen LogP contribution in [-0.4, -0.2) is 29.8 Å². The maximum absolute atomic E-state index is 13.5. The molecule has 1 saturated heterocycles. The Balaban J connectivity index is 2.18. The second-order valence-electron chi connectivity index (χ2n) is 4.88. The number of primary amides is 1. The summed E-state index contributed by atoms with van der Waals surface area (Å²) in [7, 11) is 0. The zero-order valence-corrected chi connectivity index (χ0v) is 10.1. The van der Waals surface area contributed by atoms with Crippen LogP contribution in [0.25, 0.3) is 0 Å². The van der Waals surface area contributed by atoms with Crippen LogP contribution in [0, 0.1) is 11.2 Å². The molecular weight excluding hydrogens is 235 g/mol. The first kappa shape index (κ1) is 12.5.